The van der Waals surface area contributed by atoms with Gasteiger partial charge in [-0.1, -0.05) is 12.1 Å². The van der Waals surface area contributed by atoms with E-state index in [1.54, 1.807) is 31.2 Å². The van der Waals surface area contributed by atoms with Crippen LogP contribution < -0.4 is 4.74 Å². The van der Waals surface area contributed by atoms with Crippen LogP contribution in [0.3, 0.4) is 0 Å². The van der Waals surface area contributed by atoms with E-state index in [0.717, 1.165) is 16.7 Å². The van der Waals surface area contributed by atoms with Gasteiger partial charge in [-0.25, -0.2) is 4.79 Å². The summed E-state index contributed by atoms with van der Waals surface area (Å²) in [4.78, 5) is 47.0. The lowest BCUT2D eigenvalue weighted by Gasteiger charge is -2.10. The Balaban J connectivity index is 2.05. The highest BCUT2D eigenvalue weighted by atomic mass is 32.2. The number of nitrogens with zero attached hydrogens (tertiary/aromatic N) is 1. The molecule has 1 aromatic rings. The SMILES string of the molecule is CCOC(=O)CN1C(=O)SC(=Cc2ccc(OCC(=O)O)cc2)C1=O. The van der Waals surface area contributed by atoms with Crippen LogP contribution in [0.2, 0.25) is 0 Å². The molecule has 1 aliphatic rings. The predicted molar refractivity (Wildman–Crippen MR) is 88.9 cm³/mol. The maximum Gasteiger partial charge on any atom is 0.341 e. The maximum absolute atomic E-state index is 12.2. The lowest BCUT2D eigenvalue weighted by Crippen LogP contribution is -2.34. The van der Waals surface area contributed by atoms with E-state index in [4.69, 9.17) is 14.6 Å². The van der Waals surface area contributed by atoms with E-state index in [1.807, 2.05) is 0 Å². The molecule has 2 rings (SSSR count). The lowest BCUT2D eigenvalue weighted by molar-refractivity contribution is -0.146. The minimum absolute atomic E-state index is 0.168. The molecule has 1 aromatic carbocycles. The van der Waals surface area contributed by atoms with Gasteiger partial charge in [0.2, 0.25) is 0 Å². The predicted octanol–water partition coefficient (Wildman–Crippen LogP) is 1.75. The van der Waals surface area contributed by atoms with E-state index in [9.17, 15) is 19.2 Å². The summed E-state index contributed by atoms with van der Waals surface area (Å²) < 4.78 is 9.75. The molecular weight excluding hydrogens is 350 g/mol. The van der Waals surface area contributed by atoms with E-state index >= 15 is 0 Å². The molecule has 132 valence electrons. The fraction of sp³-hybridized carbons (Fsp3) is 0.250. The highest BCUT2D eigenvalue weighted by Gasteiger charge is 2.36. The third-order valence-corrected chi connectivity index (χ3v) is 3.91. The summed E-state index contributed by atoms with van der Waals surface area (Å²) in [5.41, 5.74) is 0.629. The van der Waals surface area contributed by atoms with E-state index in [0.29, 0.717) is 11.3 Å². The van der Waals surface area contributed by atoms with Gasteiger partial charge in [0.1, 0.15) is 12.3 Å². The van der Waals surface area contributed by atoms with E-state index < -0.39 is 36.2 Å². The Morgan fingerprint density at radius 2 is 1.92 bits per heavy atom. The molecule has 9 heteroatoms. The number of imide groups is 1. The van der Waals surface area contributed by atoms with Crippen molar-refractivity contribution in [1.29, 1.82) is 0 Å². The number of carboxylic acids is 1. The van der Waals surface area contributed by atoms with Crippen molar-refractivity contribution in [2.24, 2.45) is 0 Å². The first-order valence-electron chi connectivity index (χ1n) is 7.26. The third kappa shape index (κ3) is 5.08. The summed E-state index contributed by atoms with van der Waals surface area (Å²) >= 11 is 0.737. The normalized spacial score (nSPS) is 15.6. The van der Waals surface area contributed by atoms with Crippen LogP contribution in [0, 0.1) is 0 Å². The van der Waals surface area contributed by atoms with Crippen molar-refractivity contribution in [3.63, 3.8) is 0 Å². The summed E-state index contributed by atoms with van der Waals surface area (Å²) in [6.45, 7) is 0.931. The molecule has 0 aliphatic carbocycles. The number of carboxylic acid groups (broad SMARTS) is 1. The van der Waals surface area contributed by atoms with Crippen molar-refractivity contribution in [3.05, 3.63) is 34.7 Å². The summed E-state index contributed by atoms with van der Waals surface area (Å²) in [7, 11) is 0. The van der Waals surface area contributed by atoms with E-state index in [1.165, 1.54) is 6.08 Å². The molecule has 1 aliphatic heterocycles. The average Bonchev–Trinajstić information content (AvgIpc) is 2.82. The van der Waals surface area contributed by atoms with Gasteiger partial charge in [-0.3, -0.25) is 19.3 Å². The zero-order chi connectivity index (χ0) is 18.4. The van der Waals surface area contributed by atoms with Crippen LogP contribution in [0.1, 0.15) is 12.5 Å². The Labute approximate surface area is 147 Å². The number of thioether (sulfide) groups is 1. The fourth-order valence-corrected chi connectivity index (χ4v) is 2.77. The first kappa shape index (κ1) is 18.5. The van der Waals surface area contributed by atoms with Crippen LogP contribution >= 0.6 is 11.8 Å². The van der Waals surface area contributed by atoms with Crippen LogP contribution in [-0.4, -0.2) is 52.8 Å². The van der Waals surface area contributed by atoms with Gasteiger partial charge in [0.25, 0.3) is 11.1 Å². The number of aliphatic carboxylic acids is 1. The minimum atomic E-state index is -1.08. The Kier molecular flexibility index (Phi) is 6.18. The van der Waals surface area contributed by atoms with E-state index in [2.05, 4.69) is 0 Å². The number of rotatable bonds is 7. The van der Waals surface area contributed by atoms with Gasteiger partial charge < -0.3 is 14.6 Å². The molecule has 8 nitrogen and oxygen atoms in total. The van der Waals surface area contributed by atoms with Crippen molar-refractivity contribution in [3.8, 4) is 5.75 Å². The zero-order valence-corrected chi connectivity index (χ0v) is 14.1. The monoisotopic (exact) mass is 365 g/mol. The number of carbonyl (C=O) groups is 4. The molecule has 0 aromatic heterocycles. The van der Waals surface area contributed by atoms with Crippen LogP contribution in [-0.2, 0) is 19.1 Å². The summed E-state index contributed by atoms with van der Waals surface area (Å²) in [6, 6.07) is 6.35. The molecule has 0 unspecified atom stereocenters. The van der Waals surface area contributed by atoms with Gasteiger partial charge in [-0.05, 0) is 42.5 Å². The standard InChI is InChI=1S/C16H15NO7S/c1-2-23-14(20)8-17-15(21)12(25-16(17)22)7-10-3-5-11(6-4-10)24-9-13(18)19/h3-7H,2,8-9H2,1H3,(H,18,19). The van der Waals surface area contributed by atoms with Crippen molar-refractivity contribution >= 4 is 40.9 Å². The number of hydrogen-bond acceptors (Lipinski definition) is 7. The molecule has 0 radical (unpaired) electrons. The first-order chi connectivity index (χ1) is 11.9. The van der Waals surface area contributed by atoms with Crippen LogP contribution in [0.4, 0.5) is 4.79 Å². The summed E-state index contributed by atoms with van der Waals surface area (Å²) in [6.07, 6.45) is 1.51. The van der Waals surface area contributed by atoms with Crippen molar-refractivity contribution < 1.29 is 33.8 Å². The Hall–Kier alpha value is -2.81. The average molecular weight is 365 g/mol. The molecule has 0 saturated carbocycles. The van der Waals surface area contributed by atoms with Gasteiger partial charge in [0.05, 0.1) is 11.5 Å². The zero-order valence-electron chi connectivity index (χ0n) is 13.3. The van der Waals surface area contributed by atoms with Crippen LogP contribution in [0.5, 0.6) is 5.75 Å². The molecule has 0 spiro atoms. The summed E-state index contributed by atoms with van der Waals surface area (Å²) in [5.74, 6) is -1.92. The Bertz CT molecular complexity index is 727. The lowest BCUT2D eigenvalue weighted by atomic mass is 10.2. The van der Waals surface area contributed by atoms with Crippen LogP contribution in [0.25, 0.3) is 6.08 Å². The number of hydrogen-bond donors (Lipinski definition) is 1. The molecule has 1 heterocycles. The summed E-state index contributed by atoms with van der Waals surface area (Å²) in [5, 5.41) is 8.01. The minimum Gasteiger partial charge on any atom is -0.482 e. The third-order valence-electron chi connectivity index (χ3n) is 3.01. The first-order valence-corrected chi connectivity index (χ1v) is 8.08. The number of amides is 2. The smallest absolute Gasteiger partial charge is 0.341 e. The molecule has 0 atom stereocenters. The van der Waals surface area contributed by atoms with Gasteiger partial charge in [-0.15, -0.1) is 0 Å². The van der Waals surface area contributed by atoms with Crippen molar-refractivity contribution in [2.75, 3.05) is 19.8 Å². The van der Waals surface area contributed by atoms with Gasteiger partial charge in [0, 0.05) is 0 Å². The Morgan fingerprint density at radius 3 is 2.52 bits per heavy atom. The largest absolute Gasteiger partial charge is 0.482 e. The molecule has 1 N–H and O–H groups in total. The molecule has 0 bridgehead atoms. The molecule has 1 fully saturated rings. The fourth-order valence-electron chi connectivity index (χ4n) is 1.93. The second-order valence-electron chi connectivity index (χ2n) is 4.82. The molecule has 2 amide bonds. The van der Waals surface area contributed by atoms with Gasteiger partial charge >= 0.3 is 11.9 Å². The molecule has 1 saturated heterocycles. The quantitative estimate of drug-likeness (QED) is 0.575. The number of ether oxygens (including phenoxy) is 2. The molecular formula is C16H15NO7S. The van der Waals surface area contributed by atoms with Gasteiger partial charge in [0.15, 0.2) is 6.61 Å². The van der Waals surface area contributed by atoms with Crippen molar-refractivity contribution in [2.45, 2.75) is 6.92 Å². The number of benzene rings is 1. The topological polar surface area (TPSA) is 110 Å². The molecule has 25 heavy (non-hydrogen) atoms. The number of carbonyl (C=O) groups excluding carboxylic acids is 3. The second-order valence-corrected chi connectivity index (χ2v) is 5.82. The highest BCUT2D eigenvalue weighted by Crippen LogP contribution is 2.32. The van der Waals surface area contributed by atoms with Crippen molar-refractivity contribution in [1.82, 2.24) is 4.90 Å². The van der Waals surface area contributed by atoms with Gasteiger partial charge in [-0.2, -0.15) is 0 Å². The maximum atomic E-state index is 12.2. The number of esters is 1. The highest BCUT2D eigenvalue weighted by molar-refractivity contribution is 8.18. The van der Waals surface area contributed by atoms with E-state index in [-0.39, 0.29) is 11.5 Å². The van der Waals surface area contributed by atoms with Crippen LogP contribution in [0.15, 0.2) is 29.2 Å². The Morgan fingerprint density at radius 1 is 1.24 bits per heavy atom. The second kappa shape index (κ2) is 8.34.